The van der Waals surface area contributed by atoms with Crippen molar-refractivity contribution in [3.63, 3.8) is 0 Å². The van der Waals surface area contributed by atoms with Gasteiger partial charge in [-0.05, 0) is 42.7 Å². The maximum atomic E-state index is 14.2. The first-order valence-electron chi connectivity index (χ1n) is 13.7. The summed E-state index contributed by atoms with van der Waals surface area (Å²) < 4.78 is 61.9. The van der Waals surface area contributed by atoms with Gasteiger partial charge in [0.15, 0.2) is 11.6 Å². The number of anilines is 1. The first-order valence-corrected chi connectivity index (χ1v) is 15.2. The maximum absolute atomic E-state index is 14.2. The van der Waals surface area contributed by atoms with Gasteiger partial charge in [-0.2, -0.15) is 0 Å². The molecule has 4 amide bonds. The number of methoxy groups -OCH3 is 2. The Bertz CT molecular complexity index is 1550. The number of para-hydroxylation sites is 1. The maximum Gasteiger partial charge on any atom is 0.338 e. The Morgan fingerprint density at radius 2 is 1.77 bits per heavy atom. The molecule has 1 atom stereocenters. The fraction of sp³-hybridized carbons (Fsp3) is 0.393. The highest BCUT2D eigenvalue weighted by Gasteiger charge is 2.43. The van der Waals surface area contributed by atoms with Crippen LogP contribution in [-0.4, -0.2) is 84.4 Å². The number of nitrogens with one attached hydrogen (secondary N) is 3. The van der Waals surface area contributed by atoms with Gasteiger partial charge in [0.05, 0.1) is 30.7 Å². The third-order valence-corrected chi connectivity index (χ3v) is 8.31. The normalized spacial score (nSPS) is 17.8. The van der Waals surface area contributed by atoms with Crippen molar-refractivity contribution >= 4 is 33.7 Å². The number of rotatable bonds is 10. The highest BCUT2D eigenvalue weighted by atomic mass is 32.2. The number of imide groups is 1. The number of halogens is 2. The molecule has 1 saturated heterocycles. The number of piperidine rings is 1. The number of carbonyl (C=O) groups excluding carboxylic acids is 3. The van der Waals surface area contributed by atoms with Crippen molar-refractivity contribution < 1.29 is 41.1 Å². The van der Waals surface area contributed by atoms with E-state index < -0.39 is 45.7 Å². The Kier molecular flexibility index (Phi) is 10.5. The Balaban J connectivity index is 1.41. The van der Waals surface area contributed by atoms with Crippen LogP contribution in [0.15, 0.2) is 58.6 Å². The number of nitrogens with zero attached hydrogens (tertiary/aromatic N) is 2. The fourth-order valence-electron chi connectivity index (χ4n) is 5.29. The van der Waals surface area contributed by atoms with Crippen molar-refractivity contribution in [1.82, 2.24) is 20.9 Å². The van der Waals surface area contributed by atoms with Crippen LogP contribution in [0.1, 0.15) is 24.4 Å². The summed E-state index contributed by atoms with van der Waals surface area (Å²) in [5.74, 6) is -3.27. The third-order valence-electron chi connectivity index (χ3n) is 7.35. The highest BCUT2D eigenvalue weighted by Crippen LogP contribution is 2.35. The SMILES string of the molecule is COCC1=C(C(=O)OC)C(c2ccc(F)c(F)c2)N(C(=O)NCCNC2CCN(c3ccccc3S(N)(=O)=O)CC2)C(=O)N1. The molecule has 0 radical (unpaired) electrons. The minimum atomic E-state index is -3.88. The summed E-state index contributed by atoms with van der Waals surface area (Å²) in [4.78, 5) is 42.0. The van der Waals surface area contributed by atoms with Gasteiger partial charge in [0, 0.05) is 39.3 Å². The summed E-state index contributed by atoms with van der Waals surface area (Å²) >= 11 is 0. The topological polar surface area (TPSA) is 172 Å². The number of urea groups is 2. The van der Waals surface area contributed by atoms with Crippen molar-refractivity contribution in [3.05, 3.63) is 70.9 Å². The lowest BCUT2D eigenvalue weighted by molar-refractivity contribution is -0.137. The number of carbonyl (C=O) groups is 3. The summed E-state index contributed by atoms with van der Waals surface area (Å²) in [7, 11) is -1.43. The zero-order valence-electron chi connectivity index (χ0n) is 24.1. The largest absolute Gasteiger partial charge is 0.466 e. The molecule has 0 aromatic heterocycles. The predicted octanol–water partition coefficient (Wildman–Crippen LogP) is 1.72. The molecule has 0 aliphatic carbocycles. The molecule has 0 bridgehead atoms. The second-order valence-electron chi connectivity index (χ2n) is 10.2. The molecule has 2 aliphatic heterocycles. The Morgan fingerprint density at radius 3 is 2.41 bits per heavy atom. The first-order chi connectivity index (χ1) is 21.0. The van der Waals surface area contributed by atoms with E-state index in [1.807, 2.05) is 4.90 Å². The molecule has 2 aromatic carbocycles. The molecule has 1 unspecified atom stereocenters. The van der Waals surface area contributed by atoms with Crippen molar-refractivity contribution in [2.75, 3.05) is 51.9 Å². The molecule has 2 aliphatic rings. The van der Waals surface area contributed by atoms with Crippen molar-refractivity contribution in [3.8, 4) is 0 Å². The van der Waals surface area contributed by atoms with Crippen LogP contribution < -0.4 is 26.0 Å². The highest BCUT2D eigenvalue weighted by molar-refractivity contribution is 7.89. The Morgan fingerprint density at radius 1 is 1.07 bits per heavy atom. The number of benzene rings is 2. The molecule has 5 N–H and O–H groups in total. The molecular formula is C28H34F2N6O7S. The van der Waals surface area contributed by atoms with E-state index in [-0.39, 0.29) is 40.9 Å². The standard InChI is InChI=1S/C28H34F2N6O7S/c1-42-16-21-24(26(37)43-2)25(17-7-8-19(29)20(30)15-17)36(28(39)34-21)27(38)33-12-11-32-18-9-13-35(14-10-18)22-5-3-4-6-23(22)44(31,40)41/h3-8,15,18,25,32H,9-14,16H2,1-2H3,(H,33,38)(H,34,39)(H2,31,40,41). The number of nitrogens with two attached hydrogens (primary N) is 1. The molecule has 1 fully saturated rings. The van der Waals surface area contributed by atoms with Crippen LogP contribution in [0.25, 0.3) is 0 Å². The molecule has 238 valence electrons. The van der Waals surface area contributed by atoms with Crippen molar-refractivity contribution in [1.29, 1.82) is 0 Å². The van der Waals surface area contributed by atoms with Crippen LogP contribution in [0.3, 0.4) is 0 Å². The van der Waals surface area contributed by atoms with Gasteiger partial charge < -0.3 is 30.3 Å². The zero-order chi connectivity index (χ0) is 32.0. The van der Waals surface area contributed by atoms with Crippen LogP contribution >= 0.6 is 0 Å². The predicted molar refractivity (Wildman–Crippen MR) is 155 cm³/mol. The van der Waals surface area contributed by atoms with E-state index in [2.05, 4.69) is 16.0 Å². The number of primary sulfonamides is 1. The number of hydrogen-bond donors (Lipinski definition) is 4. The van der Waals surface area contributed by atoms with Gasteiger partial charge in [-0.1, -0.05) is 18.2 Å². The number of sulfonamides is 1. The second-order valence-corrected chi connectivity index (χ2v) is 11.7. The Hall–Kier alpha value is -4.12. The summed E-state index contributed by atoms with van der Waals surface area (Å²) in [6, 6.07) is 6.21. The number of hydrogen-bond acceptors (Lipinski definition) is 9. The van der Waals surface area contributed by atoms with Gasteiger partial charge in [-0.25, -0.2) is 41.6 Å². The van der Waals surface area contributed by atoms with E-state index in [4.69, 9.17) is 14.6 Å². The van der Waals surface area contributed by atoms with Crippen LogP contribution in [0, 0.1) is 11.6 Å². The smallest absolute Gasteiger partial charge is 0.338 e. The number of amides is 4. The van der Waals surface area contributed by atoms with E-state index in [1.165, 1.54) is 19.2 Å². The summed E-state index contributed by atoms with van der Waals surface area (Å²) in [6.07, 6.45) is 1.38. The van der Waals surface area contributed by atoms with Crippen LogP contribution in [-0.2, 0) is 24.3 Å². The van der Waals surface area contributed by atoms with E-state index in [9.17, 15) is 31.6 Å². The minimum absolute atomic E-state index is 0.0165. The molecule has 16 heteroatoms. The second kappa shape index (κ2) is 14.1. The van der Waals surface area contributed by atoms with Gasteiger partial charge in [-0.15, -0.1) is 0 Å². The summed E-state index contributed by atoms with van der Waals surface area (Å²) in [6.45, 7) is 1.34. The average Bonchev–Trinajstić information content (AvgIpc) is 3.00. The average molecular weight is 637 g/mol. The van der Waals surface area contributed by atoms with Gasteiger partial charge in [0.25, 0.3) is 0 Å². The lowest BCUT2D eigenvalue weighted by Crippen LogP contribution is -2.56. The minimum Gasteiger partial charge on any atom is -0.466 e. The lowest BCUT2D eigenvalue weighted by atomic mass is 9.93. The molecule has 13 nitrogen and oxygen atoms in total. The molecule has 44 heavy (non-hydrogen) atoms. The van der Waals surface area contributed by atoms with Crippen molar-refractivity contribution in [2.24, 2.45) is 5.14 Å². The van der Waals surface area contributed by atoms with Gasteiger partial charge in [0.1, 0.15) is 10.9 Å². The first kappa shape index (κ1) is 32.8. The number of esters is 1. The quantitative estimate of drug-likeness (QED) is 0.224. The summed E-state index contributed by atoms with van der Waals surface area (Å²) in [5, 5.41) is 13.8. The molecule has 2 heterocycles. The van der Waals surface area contributed by atoms with Gasteiger partial charge >= 0.3 is 18.0 Å². The molecule has 0 saturated carbocycles. The van der Waals surface area contributed by atoms with E-state index in [0.717, 1.165) is 19.2 Å². The lowest BCUT2D eigenvalue weighted by Gasteiger charge is -2.37. The molecular weight excluding hydrogens is 602 g/mol. The summed E-state index contributed by atoms with van der Waals surface area (Å²) in [5.41, 5.74) is 0.355. The van der Waals surface area contributed by atoms with Crippen molar-refractivity contribution in [2.45, 2.75) is 29.8 Å². The third kappa shape index (κ3) is 7.32. The van der Waals surface area contributed by atoms with Gasteiger partial charge in [-0.3, -0.25) is 0 Å². The van der Waals surface area contributed by atoms with Crippen LogP contribution in [0.4, 0.5) is 24.1 Å². The van der Waals surface area contributed by atoms with E-state index >= 15 is 0 Å². The Labute approximate surface area is 253 Å². The van der Waals surface area contributed by atoms with Crippen LogP contribution in [0.2, 0.25) is 0 Å². The van der Waals surface area contributed by atoms with Gasteiger partial charge in [0.2, 0.25) is 10.0 Å². The monoisotopic (exact) mass is 636 g/mol. The van der Waals surface area contributed by atoms with Crippen LogP contribution in [0.5, 0.6) is 0 Å². The molecule has 4 rings (SSSR count). The molecule has 2 aromatic rings. The zero-order valence-corrected chi connectivity index (χ0v) is 25.0. The van der Waals surface area contributed by atoms with E-state index in [0.29, 0.717) is 43.1 Å². The molecule has 0 spiro atoms. The fourth-order valence-corrected chi connectivity index (χ4v) is 6.05. The number of ether oxygens (including phenoxy) is 2. The van der Waals surface area contributed by atoms with E-state index in [1.54, 1.807) is 18.2 Å².